The summed E-state index contributed by atoms with van der Waals surface area (Å²) in [6.45, 7) is 3.76. The first-order valence-electron chi connectivity index (χ1n) is 4.99. The number of benzene rings is 1. The van der Waals surface area contributed by atoms with Gasteiger partial charge in [-0.3, -0.25) is 0 Å². The van der Waals surface area contributed by atoms with E-state index in [1.165, 1.54) is 12.8 Å². The fourth-order valence-electron chi connectivity index (χ4n) is 1.72. The molecule has 0 radical (unpaired) electrons. The molecule has 0 unspecified atom stereocenters. The molecule has 0 aliphatic heterocycles. The van der Waals surface area contributed by atoms with Crippen LogP contribution in [0.3, 0.4) is 0 Å². The Morgan fingerprint density at radius 2 is 2.29 bits per heavy atom. The molecule has 0 spiro atoms. The average Bonchev–Trinajstić information content (AvgIpc) is 2.97. The Labute approximate surface area is 82.7 Å². The van der Waals surface area contributed by atoms with Gasteiger partial charge < -0.3 is 4.98 Å². The Morgan fingerprint density at radius 3 is 3.00 bits per heavy atom. The summed E-state index contributed by atoms with van der Waals surface area (Å²) in [5.74, 6) is 1.84. The van der Waals surface area contributed by atoms with Crippen LogP contribution in [0.25, 0.3) is 17.1 Å². The van der Waals surface area contributed by atoms with E-state index in [2.05, 4.69) is 28.7 Å². The standard InChI is InChI=1S/C12H12N2/c1-2-8-3-6-10-11(7-8)14-12(13-10)9-4-5-9/h2-3,6-7,9H,1,4-5H2,(H,13,14). The number of aromatic nitrogens is 2. The molecule has 0 bridgehead atoms. The molecule has 1 aromatic heterocycles. The third kappa shape index (κ3) is 1.15. The van der Waals surface area contributed by atoms with Crippen LogP contribution < -0.4 is 0 Å². The van der Waals surface area contributed by atoms with Crippen molar-refractivity contribution in [2.24, 2.45) is 0 Å². The van der Waals surface area contributed by atoms with E-state index in [9.17, 15) is 0 Å². The van der Waals surface area contributed by atoms with Crippen LogP contribution in [0.5, 0.6) is 0 Å². The number of H-pyrrole nitrogens is 1. The summed E-state index contributed by atoms with van der Waals surface area (Å²) in [6, 6.07) is 6.20. The number of nitrogens with zero attached hydrogens (tertiary/aromatic N) is 1. The van der Waals surface area contributed by atoms with Crippen molar-refractivity contribution in [2.75, 3.05) is 0 Å². The first kappa shape index (κ1) is 7.80. The lowest BCUT2D eigenvalue weighted by atomic mass is 10.2. The van der Waals surface area contributed by atoms with Gasteiger partial charge in [0.2, 0.25) is 0 Å². The second kappa shape index (κ2) is 2.71. The van der Waals surface area contributed by atoms with Gasteiger partial charge in [0.1, 0.15) is 5.82 Å². The summed E-state index contributed by atoms with van der Waals surface area (Å²) in [5.41, 5.74) is 3.34. The summed E-state index contributed by atoms with van der Waals surface area (Å²) in [4.78, 5) is 7.93. The van der Waals surface area contributed by atoms with Gasteiger partial charge in [-0.2, -0.15) is 0 Å². The lowest BCUT2D eigenvalue weighted by Gasteiger charge is -1.90. The van der Waals surface area contributed by atoms with Crippen molar-refractivity contribution in [3.8, 4) is 0 Å². The fourth-order valence-corrected chi connectivity index (χ4v) is 1.72. The van der Waals surface area contributed by atoms with Crippen LogP contribution in [0.1, 0.15) is 30.1 Å². The maximum Gasteiger partial charge on any atom is 0.110 e. The van der Waals surface area contributed by atoms with Gasteiger partial charge in [0.25, 0.3) is 0 Å². The molecule has 1 N–H and O–H groups in total. The maximum atomic E-state index is 4.56. The Kier molecular flexibility index (Phi) is 1.51. The normalized spacial score (nSPS) is 16.0. The number of nitrogens with one attached hydrogen (secondary N) is 1. The molecule has 0 atom stereocenters. The van der Waals surface area contributed by atoms with E-state index < -0.39 is 0 Å². The van der Waals surface area contributed by atoms with E-state index in [0.29, 0.717) is 5.92 Å². The molecular formula is C12H12N2. The third-order valence-electron chi connectivity index (χ3n) is 2.72. The quantitative estimate of drug-likeness (QED) is 0.763. The van der Waals surface area contributed by atoms with Gasteiger partial charge in [-0.1, -0.05) is 18.7 Å². The van der Waals surface area contributed by atoms with Crippen molar-refractivity contribution in [3.05, 3.63) is 36.2 Å². The summed E-state index contributed by atoms with van der Waals surface area (Å²) in [5, 5.41) is 0. The zero-order valence-electron chi connectivity index (χ0n) is 7.96. The van der Waals surface area contributed by atoms with Gasteiger partial charge in [0.15, 0.2) is 0 Å². The molecule has 2 aromatic rings. The molecule has 2 nitrogen and oxygen atoms in total. The van der Waals surface area contributed by atoms with E-state index in [1.807, 2.05) is 12.1 Å². The molecule has 70 valence electrons. The van der Waals surface area contributed by atoms with E-state index in [-0.39, 0.29) is 0 Å². The largest absolute Gasteiger partial charge is 0.342 e. The Balaban J connectivity index is 2.17. The lowest BCUT2D eigenvalue weighted by molar-refractivity contribution is 0.986. The minimum Gasteiger partial charge on any atom is -0.342 e. The summed E-state index contributed by atoms with van der Waals surface area (Å²) in [7, 11) is 0. The van der Waals surface area contributed by atoms with Crippen LogP contribution in [0.15, 0.2) is 24.8 Å². The molecule has 1 aliphatic rings. The topological polar surface area (TPSA) is 28.7 Å². The Hall–Kier alpha value is -1.57. The summed E-state index contributed by atoms with van der Waals surface area (Å²) in [6.07, 6.45) is 4.43. The van der Waals surface area contributed by atoms with Crippen LogP contribution in [-0.4, -0.2) is 9.97 Å². The van der Waals surface area contributed by atoms with Crippen LogP contribution >= 0.6 is 0 Å². The third-order valence-corrected chi connectivity index (χ3v) is 2.72. The molecule has 14 heavy (non-hydrogen) atoms. The van der Waals surface area contributed by atoms with Gasteiger partial charge >= 0.3 is 0 Å². The summed E-state index contributed by atoms with van der Waals surface area (Å²) >= 11 is 0. The molecule has 0 amide bonds. The second-order valence-electron chi connectivity index (χ2n) is 3.88. The highest BCUT2D eigenvalue weighted by molar-refractivity contribution is 5.78. The highest BCUT2D eigenvalue weighted by Gasteiger charge is 2.26. The molecule has 1 aromatic carbocycles. The van der Waals surface area contributed by atoms with E-state index in [0.717, 1.165) is 22.4 Å². The minimum atomic E-state index is 0.689. The van der Waals surface area contributed by atoms with Crippen molar-refractivity contribution < 1.29 is 0 Å². The molecule has 1 heterocycles. The van der Waals surface area contributed by atoms with Crippen LogP contribution in [-0.2, 0) is 0 Å². The summed E-state index contributed by atoms with van der Waals surface area (Å²) < 4.78 is 0. The lowest BCUT2D eigenvalue weighted by Crippen LogP contribution is -1.79. The zero-order valence-corrected chi connectivity index (χ0v) is 7.96. The number of hydrogen-bond acceptors (Lipinski definition) is 1. The van der Waals surface area contributed by atoms with Crippen molar-refractivity contribution in [2.45, 2.75) is 18.8 Å². The SMILES string of the molecule is C=Cc1ccc2nc(C3CC3)[nH]c2c1. The van der Waals surface area contributed by atoms with Crippen LogP contribution in [0.4, 0.5) is 0 Å². The molecule has 3 rings (SSSR count). The molecule has 1 aliphatic carbocycles. The van der Waals surface area contributed by atoms with Gasteiger partial charge in [-0.15, -0.1) is 0 Å². The highest BCUT2D eigenvalue weighted by atomic mass is 14.9. The molecular weight excluding hydrogens is 172 g/mol. The number of hydrogen-bond donors (Lipinski definition) is 1. The monoisotopic (exact) mass is 184 g/mol. The van der Waals surface area contributed by atoms with Crippen molar-refractivity contribution in [3.63, 3.8) is 0 Å². The van der Waals surface area contributed by atoms with Gasteiger partial charge in [-0.25, -0.2) is 4.98 Å². The second-order valence-corrected chi connectivity index (χ2v) is 3.88. The number of fused-ring (bicyclic) bond motifs is 1. The van der Waals surface area contributed by atoms with Gasteiger partial charge in [-0.05, 0) is 30.5 Å². The number of rotatable bonds is 2. The molecule has 1 saturated carbocycles. The minimum absolute atomic E-state index is 0.689. The predicted octanol–water partition coefficient (Wildman–Crippen LogP) is 3.08. The van der Waals surface area contributed by atoms with Crippen molar-refractivity contribution >= 4 is 17.1 Å². The maximum absolute atomic E-state index is 4.56. The first-order chi connectivity index (χ1) is 6.86. The van der Waals surface area contributed by atoms with E-state index in [1.54, 1.807) is 0 Å². The van der Waals surface area contributed by atoms with Crippen molar-refractivity contribution in [1.29, 1.82) is 0 Å². The zero-order chi connectivity index (χ0) is 9.54. The van der Waals surface area contributed by atoms with Gasteiger partial charge in [0, 0.05) is 5.92 Å². The fraction of sp³-hybridized carbons (Fsp3) is 0.250. The number of aromatic amines is 1. The smallest absolute Gasteiger partial charge is 0.110 e. The Bertz CT molecular complexity index is 492. The van der Waals surface area contributed by atoms with Crippen LogP contribution in [0, 0.1) is 0 Å². The molecule has 1 fully saturated rings. The van der Waals surface area contributed by atoms with Crippen molar-refractivity contribution in [1.82, 2.24) is 9.97 Å². The first-order valence-corrected chi connectivity index (χ1v) is 4.99. The van der Waals surface area contributed by atoms with E-state index >= 15 is 0 Å². The molecule has 0 saturated heterocycles. The molecule has 2 heteroatoms. The predicted molar refractivity (Wildman–Crippen MR) is 58.2 cm³/mol. The number of imidazole rings is 1. The highest BCUT2D eigenvalue weighted by Crippen LogP contribution is 2.39. The van der Waals surface area contributed by atoms with Crippen LogP contribution in [0.2, 0.25) is 0 Å². The Morgan fingerprint density at radius 1 is 1.43 bits per heavy atom. The average molecular weight is 184 g/mol. The van der Waals surface area contributed by atoms with Gasteiger partial charge in [0.05, 0.1) is 11.0 Å². The van der Waals surface area contributed by atoms with E-state index in [4.69, 9.17) is 0 Å².